The van der Waals surface area contributed by atoms with E-state index in [-0.39, 0.29) is 22.8 Å². The van der Waals surface area contributed by atoms with E-state index in [1.165, 1.54) is 24.4 Å². The summed E-state index contributed by atoms with van der Waals surface area (Å²) >= 11 is 0. The van der Waals surface area contributed by atoms with E-state index >= 15 is 0 Å². The molecule has 0 saturated heterocycles. The molecule has 2 aromatic rings. The first-order valence-corrected chi connectivity index (χ1v) is 7.23. The molecule has 0 saturated carbocycles. The highest BCUT2D eigenvalue weighted by molar-refractivity contribution is 5.95. The van der Waals surface area contributed by atoms with Crippen LogP contribution < -0.4 is 5.43 Å². The highest BCUT2D eigenvalue weighted by Crippen LogP contribution is 2.22. The van der Waals surface area contributed by atoms with Crippen molar-refractivity contribution in [3.8, 4) is 11.5 Å². The Kier molecular flexibility index (Phi) is 4.69. The average molecular weight is 312 g/mol. The van der Waals surface area contributed by atoms with Crippen LogP contribution in [0.5, 0.6) is 11.5 Å². The van der Waals surface area contributed by atoms with Gasteiger partial charge in [0.05, 0.1) is 6.21 Å². The maximum Gasteiger partial charge on any atom is 0.271 e. The van der Waals surface area contributed by atoms with Crippen LogP contribution in [0.3, 0.4) is 0 Å². The van der Waals surface area contributed by atoms with Gasteiger partial charge in [-0.15, -0.1) is 0 Å². The second-order valence-corrected chi connectivity index (χ2v) is 6.31. The molecule has 0 atom stereocenters. The number of hydrogen-bond acceptors (Lipinski definition) is 4. The van der Waals surface area contributed by atoms with Crippen molar-refractivity contribution < 1.29 is 15.0 Å². The SMILES string of the molecule is CC(C)(C)c1ccc(C(=O)N/N=C/c2cc(O)cc(O)c2)cc1. The number of phenolic OH excluding ortho intramolecular Hbond substituents is 2. The molecule has 0 bridgehead atoms. The lowest BCUT2D eigenvalue weighted by Gasteiger charge is -2.18. The van der Waals surface area contributed by atoms with E-state index in [0.29, 0.717) is 11.1 Å². The molecule has 5 heteroatoms. The van der Waals surface area contributed by atoms with Crippen molar-refractivity contribution in [3.05, 3.63) is 59.2 Å². The van der Waals surface area contributed by atoms with Crippen molar-refractivity contribution in [3.63, 3.8) is 0 Å². The summed E-state index contributed by atoms with van der Waals surface area (Å²) in [7, 11) is 0. The zero-order valence-electron chi connectivity index (χ0n) is 13.4. The monoisotopic (exact) mass is 312 g/mol. The fourth-order valence-corrected chi connectivity index (χ4v) is 2.04. The van der Waals surface area contributed by atoms with Crippen LogP contribution in [-0.2, 0) is 5.41 Å². The van der Waals surface area contributed by atoms with Crippen LogP contribution in [0.4, 0.5) is 0 Å². The molecule has 0 aliphatic heterocycles. The minimum atomic E-state index is -0.328. The van der Waals surface area contributed by atoms with Crippen molar-refractivity contribution >= 4 is 12.1 Å². The first-order chi connectivity index (χ1) is 10.8. The Morgan fingerprint density at radius 2 is 1.61 bits per heavy atom. The number of hydrogen-bond donors (Lipinski definition) is 3. The molecule has 0 aromatic heterocycles. The van der Waals surface area contributed by atoms with E-state index < -0.39 is 0 Å². The van der Waals surface area contributed by atoms with Crippen molar-refractivity contribution in [2.45, 2.75) is 26.2 Å². The van der Waals surface area contributed by atoms with Gasteiger partial charge in [-0.1, -0.05) is 32.9 Å². The number of carbonyl (C=O) groups is 1. The van der Waals surface area contributed by atoms with E-state index in [4.69, 9.17) is 0 Å². The van der Waals surface area contributed by atoms with Crippen molar-refractivity contribution in [1.82, 2.24) is 5.43 Å². The standard InChI is InChI=1S/C18H20N2O3/c1-18(2,3)14-6-4-13(5-7-14)17(23)20-19-11-12-8-15(21)10-16(22)9-12/h4-11,21-22H,1-3H3,(H,20,23)/b19-11+. The first kappa shape index (κ1) is 16.5. The number of amides is 1. The summed E-state index contributed by atoms with van der Waals surface area (Å²) in [5, 5.41) is 22.6. The van der Waals surface area contributed by atoms with Gasteiger partial charge in [-0.05, 0) is 35.2 Å². The molecule has 2 rings (SSSR count). The summed E-state index contributed by atoms with van der Waals surface area (Å²) in [6, 6.07) is 11.4. The van der Waals surface area contributed by atoms with E-state index in [9.17, 15) is 15.0 Å². The van der Waals surface area contributed by atoms with E-state index in [2.05, 4.69) is 31.3 Å². The van der Waals surface area contributed by atoms with Gasteiger partial charge in [0.1, 0.15) is 11.5 Å². The summed E-state index contributed by atoms with van der Waals surface area (Å²) < 4.78 is 0. The molecule has 0 unspecified atom stereocenters. The predicted molar refractivity (Wildman–Crippen MR) is 90.0 cm³/mol. The topological polar surface area (TPSA) is 81.9 Å². The Morgan fingerprint density at radius 3 is 2.13 bits per heavy atom. The summed E-state index contributed by atoms with van der Waals surface area (Å²) in [4.78, 5) is 12.0. The molecule has 5 nitrogen and oxygen atoms in total. The number of aromatic hydroxyl groups is 2. The Labute approximate surface area is 135 Å². The fraction of sp³-hybridized carbons (Fsp3) is 0.222. The maximum absolute atomic E-state index is 12.0. The van der Waals surface area contributed by atoms with Crippen molar-refractivity contribution in [2.75, 3.05) is 0 Å². The number of rotatable bonds is 3. The van der Waals surface area contributed by atoms with Crippen LogP contribution in [0.1, 0.15) is 42.3 Å². The van der Waals surface area contributed by atoms with Gasteiger partial charge in [-0.2, -0.15) is 5.10 Å². The quantitative estimate of drug-likeness (QED) is 0.601. The van der Waals surface area contributed by atoms with Gasteiger partial charge in [0, 0.05) is 17.2 Å². The van der Waals surface area contributed by atoms with Gasteiger partial charge < -0.3 is 10.2 Å². The Hall–Kier alpha value is -2.82. The molecule has 0 radical (unpaired) electrons. The van der Waals surface area contributed by atoms with Gasteiger partial charge in [0.2, 0.25) is 0 Å². The molecular formula is C18H20N2O3. The van der Waals surface area contributed by atoms with Crippen LogP contribution >= 0.6 is 0 Å². The molecule has 0 fully saturated rings. The normalized spacial score (nSPS) is 11.6. The Balaban J connectivity index is 2.03. The summed E-state index contributed by atoms with van der Waals surface area (Å²) in [5.74, 6) is -0.475. The Morgan fingerprint density at radius 1 is 1.04 bits per heavy atom. The molecule has 120 valence electrons. The zero-order chi connectivity index (χ0) is 17.0. The van der Waals surface area contributed by atoms with Crippen LogP contribution in [-0.4, -0.2) is 22.3 Å². The third-order valence-electron chi connectivity index (χ3n) is 3.32. The summed E-state index contributed by atoms with van der Waals surface area (Å²) in [5.41, 5.74) is 4.58. The smallest absolute Gasteiger partial charge is 0.271 e. The van der Waals surface area contributed by atoms with Crippen LogP contribution in [0.2, 0.25) is 0 Å². The molecule has 3 N–H and O–H groups in total. The van der Waals surface area contributed by atoms with Gasteiger partial charge >= 0.3 is 0 Å². The van der Waals surface area contributed by atoms with E-state index in [1.54, 1.807) is 12.1 Å². The largest absolute Gasteiger partial charge is 0.508 e. The number of carbonyl (C=O) groups excluding carboxylic acids is 1. The van der Waals surface area contributed by atoms with E-state index in [0.717, 1.165) is 5.56 Å². The number of hydrazone groups is 1. The van der Waals surface area contributed by atoms with Gasteiger partial charge in [-0.3, -0.25) is 4.79 Å². The lowest BCUT2D eigenvalue weighted by molar-refractivity contribution is 0.0955. The number of nitrogens with one attached hydrogen (secondary N) is 1. The minimum Gasteiger partial charge on any atom is -0.508 e. The lowest BCUT2D eigenvalue weighted by atomic mass is 9.87. The molecule has 1 amide bonds. The van der Waals surface area contributed by atoms with Gasteiger partial charge in [0.25, 0.3) is 5.91 Å². The molecule has 0 spiro atoms. The third kappa shape index (κ3) is 4.57. The highest BCUT2D eigenvalue weighted by Gasteiger charge is 2.14. The average Bonchev–Trinajstić information content (AvgIpc) is 2.45. The number of benzene rings is 2. The second-order valence-electron chi connectivity index (χ2n) is 6.31. The van der Waals surface area contributed by atoms with E-state index in [1.807, 2.05) is 12.1 Å². The number of phenols is 2. The van der Waals surface area contributed by atoms with Crippen LogP contribution in [0.25, 0.3) is 0 Å². The van der Waals surface area contributed by atoms with Gasteiger partial charge in [-0.25, -0.2) is 5.43 Å². The Bertz CT molecular complexity index is 709. The molecular weight excluding hydrogens is 292 g/mol. The van der Waals surface area contributed by atoms with Crippen molar-refractivity contribution in [2.24, 2.45) is 5.10 Å². The second kappa shape index (κ2) is 6.52. The zero-order valence-corrected chi connectivity index (χ0v) is 13.4. The van der Waals surface area contributed by atoms with Crippen LogP contribution in [0.15, 0.2) is 47.6 Å². The fourth-order valence-electron chi connectivity index (χ4n) is 2.04. The lowest BCUT2D eigenvalue weighted by Crippen LogP contribution is -2.18. The van der Waals surface area contributed by atoms with Gasteiger partial charge in [0.15, 0.2) is 0 Å². The number of nitrogens with zero attached hydrogens (tertiary/aromatic N) is 1. The minimum absolute atomic E-state index is 0.0322. The summed E-state index contributed by atoms with van der Waals surface area (Å²) in [6.45, 7) is 6.32. The molecule has 23 heavy (non-hydrogen) atoms. The third-order valence-corrected chi connectivity index (χ3v) is 3.32. The molecule has 0 heterocycles. The highest BCUT2D eigenvalue weighted by atomic mass is 16.3. The summed E-state index contributed by atoms with van der Waals surface area (Å²) in [6.07, 6.45) is 1.35. The predicted octanol–water partition coefficient (Wildman–Crippen LogP) is 3.16. The molecule has 2 aromatic carbocycles. The van der Waals surface area contributed by atoms with Crippen molar-refractivity contribution in [1.29, 1.82) is 0 Å². The maximum atomic E-state index is 12.0. The molecule has 0 aliphatic rings. The van der Waals surface area contributed by atoms with Crippen LogP contribution in [0, 0.1) is 0 Å². The molecule has 0 aliphatic carbocycles. The first-order valence-electron chi connectivity index (χ1n) is 7.23.